The Morgan fingerprint density at radius 3 is 3.24 bits per heavy atom. The first-order valence-corrected chi connectivity index (χ1v) is 7.10. The van der Waals surface area contributed by atoms with Gasteiger partial charge in [0.2, 0.25) is 0 Å². The molecule has 1 saturated heterocycles. The van der Waals surface area contributed by atoms with Crippen LogP contribution in [0.2, 0.25) is 0 Å². The van der Waals surface area contributed by atoms with Crippen molar-refractivity contribution in [1.82, 2.24) is 9.88 Å². The molecule has 0 saturated carbocycles. The van der Waals surface area contributed by atoms with Gasteiger partial charge in [0.15, 0.2) is 5.13 Å². The Hall–Kier alpha value is -0.650. The van der Waals surface area contributed by atoms with Gasteiger partial charge in [-0.05, 0) is 32.2 Å². The lowest BCUT2D eigenvalue weighted by molar-refractivity contribution is 0.0650. The quantitative estimate of drug-likeness (QED) is 0.874. The summed E-state index contributed by atoms with van der Waals surface area (Å²) in [6.07, 6.45) is 4.46. The fourth-order valence-electron chi connectivity index (χ4n) is 2.33. The molecule has 1 atom stereocenters. The number of nitrogens with two attached hydrogens (primary N) is 1. The molecule has 2 heterocycles. The molecule has 17 heavy (non-hydrogen) atoms. The summed E-state index contributed by atoms with van der Waals surface area (Å²) in [5.41, 5.74) is 5.65. The fourth-order valence-corrected chi connectivity index (χ4v) is 3.06. The molecule has 0 radical (unpaired) electrons. The van der Waals surface area contributed by atoms with Crippen molar-refractivity contribution in [3.63, 3.8) is 0 Å². The molecule has 0 bridgehead atoms. The van der Waals surface area contributed by atoms with Gasteiger partial charge in [-0.1, -0.05) is 0 Å². The van der Waals surface area contributed by atoms with E-state index in [-0.39, 0.29) is 0 Å². The van der Waals surface area contributed by atoms with E-state index in [1.807, 2.05) is 6.20 Å². The third kappa shape index (κ3) is 3.94. The van der Waals surface area contributed by atoms with Crippen LogP contribution in [-0.2, 0) is 11.3 Å². The minimum absolute atomic E-state index is 0.669. The fraction of sp³-hybridized carbons (Fsp3) is 0.750. The summed E-state index contributed by atoms with van der Waals surface area (Å²) in [7, 11) is 0. The Bertz CT molecular complexity index is 342. The van der Waals surface area contributed by atoms with E-state index in [1.54, 1.807) is 11.3 Å². The van der Waals surface area contributed by atoms with E-state index in [9.17, 15) is 0 Å². The molecule has 1 aliphatic heterocycles. The second-order valence-electron chi connectivity index (χ2n) is 4.57. The van der Waals surface area contributed by atoms with E-state index in [4.69, 9.17) is 10.5 Å². The van der Waals surface area contributed by atoms with Gasteiger partial charge in [-0.2, -0.15) is 0 Å². The van der Waals surface area contributed by atoms with E-state index >= 15 is 0 Å². The highest BCUT2D eigenvalue weighted by molar-refractivity contribution is 7.15. The molecule has 1 unspecified atom stereocenters. The summed E-state index contributed by atoms with van der Waals surface area (Å²) in [6.45, 7) is 7.08. The van der Waals surface area contributed by atoms with Crippen molar-refractivity contribution in [1.29, 1.82) is 0 Å². The van der Waals surface area contributed by atoms with Crippen molar-refractivity contribution in [3.8, 4) is 0 Å². The summed E-state index contributed by atoms with van der Waals surface area (Å²) in [5, 5.41) is 0.669. The van der Waals surface area contributed by atoms with Crippen LogP contribution in [0.15, 0.2) is 6.20 Å². The molecule has 2 rings (SSSR count). The highest BCUT2D eigenvalue weighted by atomic mass is 32.1. The molecule has 1 aromatic rings. The van der Waals surface area contributed by atoms with Crippen molar-refractivity contribution < 1.29 is 4.74 Å². The van der Waals surface area contributed by atoms with Crippen molar-refractivity contribution in [2.45, 2.75) is 26.3 Å². The Morgan fingerprint density at radius 1 is 1.65 bits per heavy atom. The molecular weight excluding hydrogens is 234 g/mol. The molecule has 0 aromatic carbocycles. The van der Waals surface area contributed by atoms with Gasteiger partial charge in [0.1, 0.15) is 0 Å². The van der Waals surface area contributed by atoms with E-state index in [2.05, 4.69) is 16.8 Å². The number of hydrogen-bond acceptors (Lipinski definition) is 5. The zero-order chi connectivity index (χ0) is 12.1. The number of nitrogen functional groups attached to an aromatic ring is 1. The number of likely N-dealkylation sites (tertiary alicyclic amines) is 1. The van der Waals surface area contributed by atoms with Crippen LogP contribution in [-0.4, -0.2) is 36.2 Å². The Labute approximate surface area is 107 Å². The summed E-state index contributed by atoms with van der Waals surface area (Å²) in [4.78, 5) is 7.85. The first kappa shape index (κ1) is 12.8. The molecule has 4 nitrogen and oxygen atoms in total. The van der Waals surface area contributed by atoms with Gasteiger partial charge in [0, 0.05) is 30.8 Å². The lowest BCUT2D eigenvalue weighted by Gasteiger charge is -2.32. The van der Waals surface area contributed by atoms with E-state index in [1.165, 1.54) is 24.3 Å². The predicted octanol–water partition coefficient (Wildman–Crippen LogP) is 1.97. The number of aromatic nitrogens is 1. The van der Waals surface area contributed by atoms with Crippen LogP contribution in [0.4, 0.5) is 5.13 Å². The summed E-state index contributed by atoms with van der Waals surface area (Å²) in [6, 6.07) is 0. The minimum atomic E-state index is 0.669. The summed E-state index contributed by atoms with van der Waals surface area (Å²) < 4.78 is 5.52. The average molecular weight is 255 g/mol. The SMILES string of the molecule is CCOCC1CCCN(Cc2cnc(N)s2)C1. The molecule has 1 aromatic heterocycles. The second kappa shape index (κ2) is 6.33. The van der Waals surface area contributed by atoms with Crippen LogP contribution in [0, 0.1) is 5.92 Å². The summed E-state index contributed by atoms with van der Waals surface area (Å²) in [5.74, 6) is 0.689. The molecule has 2 N–H and O–H groups in total. The van der Waals surface area contributed by atoms with Crippen molar-refractivity contribution in [2.24, 2.45) is 5.92 Å². The zero-order valence-electron chi connectivity index (χ0n) is 10.4. The molecule has 0 amide bonds. The maximum atomic E-state index is 5.65. The number of hydrogen-bond donors (Lipinski definition) is 1. The van der Waals surface area contributed by atoms with E-state index < -0.39 is 0 Å². The number of anilines is 1. The lowest BCUT2D eigenvalue weighted by Crippen LogP contribution is -2.36. The van der Waals surface area contributed by atoms with Gasteiger partial charge in [-0.25, -0.2) is 4.98 Å². The van der Waals surface area contributed by atoms with Gasteiger partial charge in [-0.15, -0.1) is 11.3 Å². The summed E-state index contributed by atoms with van der Waals surface area (Å²) >= 11 is 1.59. The number of rotatable bonds is 5. The first-order chi connectivity index (χ1) is 8.28. The number of thiazole rings is 1. The van der Waals surface area contributed by atoms with Crippen LogP contribution in [0.25, 0.3) is 0 Å². The zero-order valence-corrected chi connectivity index (χ0v) is 11.2. The maximum Gasteiger partial charge on any atom is 0.180 e. The largest absolute Gasteiger partial charge is 0.381 e. The van der Waals surface area contributed by atoms with Gasteiger partial charge in [0.25, 0.3) is 0 Å². The highest BCUT2D eigenvalue weighted by Gasteiger charge is 2.20. The smallest absolute Gasteiger partial charge is 0.180 e. The van der Waals surface area contributed by atoms with Gasteiger partial charge < -0.3 is 10.5 Å². The number of piperidine rings is 1. The van der Waals surface area contributed by atoms with Crippen LogP contribution >= 0.6 is 11.3 Å². The highest BCUT2D eigenvalue weighted by Crippen LogP contribution is 2.22. The van der Waals surface area contributed by atoms with E-state index in [0.29, 0.717) is 11.0 Å². The van der Waals surface area contributed by atoms with Gasteiger partial charge in [0.05, 0.1) is 6.61 Å². The van der Waals surface area contributed by atoms with E-state index in [0.717, 1.165) is 26.3 Å². The number of ether oxygens (including phenoxy) is 1. The maximum absolute atomic E-state index is 5.65. The first-order valence-electron chi connectivity index (χ1n) is 6.28. The lowest BCUT2D eigenvalue weighted by atomic mass is 9.99. The molecule has 0 spiro atoms. The molecule has 5 heteroatoms. The number of nitrogens with zero attached hydrogens (tertiary/aromatic N) is 2. The molecule has 96 valence electrons. The molecule has 1 aliphatic rings. The third-order valence-corrected chi connectivity index (χ3v) is 3.92. The molecular formula is C12H21N3OS. The Morgan fingerprint density at radius 2 is 2.53 bits per heavy atom. The van der Waals surface area contributed by atoms with Gasteiger partial charge in [-0.3, -0.25) is 4.90 Å². The average Bonchev–Trinajstić information content (AvgIpc) is 2.73. The van der Waals surface area contributed by atoms with Gasteiger partial charge >= 0.3 is 0 Å². The second-order valence-corrected chi connectivity index (χ2v) is 5.71. The Kier molecular flexibility index (Phi) is 4.76. The monoisotopic (exact) mass is 255 g/mol. The minimum Gasteiger partial charge on any atom is -0.381 e. The van der Waals surface area contributed by atoms with Crippen molar-refractivity contribution >= 4 is 16.5 Å². The Balaban J connectivity index is 1.80. The van der Waals surface area contributed by atoms with Crippen LogP contribution in [0.3, 0.4) is 0 Å². The molecule has 1 fully saturated rings. The van der Waals surface area contributed by atoms with Crippen molar-refractivity contribution in [3.05, 3.63) is 11.1 Å². The molecule has 0 aliphatic carbocycles. The topological polar surface area (TPSA) is 51.4 Å². The standard InChI is InChI=1S/C12H21N3OS/c1-2-16-9-10-4-3-5-15(7-10)8-11-6-14-12(13)17-11/h6,10H,2-5,7-9H2,1H3,(H2,13,14). The third-order valence-electron chi connectivity index (χ3n) is 3.11. The van der Waals surface area contributed by atoms with Crippen LogP contribution < -0.4 is 5.73 Å². The predicted molar refractivity (Wildman–Crippen MR) is 71.0 cm³/mol. The van der Waals surface area contributed by atoms with Crippen molar-refractivity contribution in [2.75, 3.05) is 32.0 Å². The van der Waals surface area contributed by atoms with Crippen LogP contribution in [0.1, 0.15) is 24.6 Å². The van der Waals surface area contributed by atoms with Crippen LogP contribution in [0.5, 0.6) is 0 Å². The normalized spacial score (nSPS) is 21.8.